The molecule has 0 spiro atoms. The summed E-state index contributed by atoms with van der Waals surface area (Å²) in [5, 5.41) is 22.5. The summed E-state index contributed by atoms with van der Waals surface area (Å²) in [5.41, 5.74) is -5.08. The first-order chi connectivity index (χ1) is 12.4. The van der Waals surface area contributed by atoms with Crippen molar-refractivity contribution in [2.45, 2.75) is 53.6 Å². The van der Waals surface area contributed by atoms with Crippen LogP contribution in [0.4, 0.5) is 0 Å². The Kier molecular flexibility index (Phi) is 9.07. The Bertz CT molecular complexity index is 679. The van der Waals surface area contributed by atoms with Crippen LogP contribution in [-0.4, -0.2) is 67.6 Å². The van der Waals surface area contributed by atoms with Crippen molar-refractivity contribution in [3.63, 3.8) is 0 Å². The molecule has 0 rings (SSSR count). The van der Waals surface area contributed by atoms with Gasteiger partial charge < -0.3 is 20.3 Å². The minimum Gasteiger partial charge on any atom is -0.479 e. The van der Waals surface area contributed by atoms with E-state index in [1.807, 2.05) is 0 Å². The number of amides is 1. The topological polar surface area (TPSA) is 156 Å². The molecule has 0 aliphatic rings. The molecule has 0 aromatic carbocycles. The van der Waals surface area contributed by atoms with E-state index in [4.69, 9.17) is 8.92 Å². The number of nitrogens with one attached hydrogen (secondary N) is 1. The molecule has 0 heterocycles. The van der Waals surface area contributed by atoms with Crippen molar-refractivity contribution in [2.24, 2.45) is 10.8 Å². The molecule has 0 aliphatic heterocycles. The Morgan fingerprint density at radius 3 is 2.00 bits per heavy atom. The van der Waals surface area contributed by atoms with Crippen LogP contribution in [0.15, 0.2) is 0 Å². The first kappa shape index (κ1) is 26.3. The Hall–Kier alpha value is -1.72. The van der Waals surface area contributed by atoms with E-state index in [0.717, 1.165) is 0 Å². The molecule has 1 amide bonds. The number of hydrogen-bond acceptors (Lipinski definition) is 8. The molecule has 11 heteroatoms. The van der Waals surface area contributed by atoms with E-state index in [1.165, 1.54) is 20.8 Å². The average Bonchev–Trinajstić information content (AvgIpc) is 2.53. The van der Waals surface area contributed by atoms with Crippen molar-refractivity contribution in [1.82, 2.24) is 5.32 Å². The average molecular weight is 426 g/mol. The molecule has 3 N–H and O–H groups in total. The van der Waals surface area contributed by atoms with Gasteiger partial charge in [-0.3, -0.25) is 13.8 Å². The molecule has 0 aliphatic carbocycles. The molecule has 0 aromatic heterocycles. The van der Waals surface area contributed by atoms with Crippen LogP contribution in [0.1, 0.15) is 48.0 Å². The number of carbonyl (C=O) groups excluding carboxylic acids is 2. The number of carboxylic acid groups (broad SMARTS) is 1. The lowest BCUT2D eigenvalue weighted by molar-refractivity contribution is -0.192. The number of carbonyl (C=O) groups is 3. The quantitative estimate of drug-likeness (QED) is 0.240. The van der Waals surface area contributed by atoms with Gasteiger partial charge in [0.15, 0.2) is 0 Å². The lowest BCUT2D eigenvalue weighted by Crippen LogP contribution is -2.57. The van der Waals surface area contributed by atoms with Crippen molar-refractivity contribution in [3.8, 4) is 0 Å². The van der Waals surface area contributed by atoms with Gasteiger partial charge in [-0.05, 0) is 27.2 Å². The highest BCUT2D eigenvalue weighted by Gasteiger charge is 2.52. The summed E-state index contributed by atoms with van der Waals surface area (Å²) in [4.78, 5) is 34.3. The SMILES string of the molecule is CC(=O)NCCCS(=O)(=O)OCC(C)(C)[C@@](O)(COC(=O)C(C)(C)C)C(=O)O. The monoisotopic (exact) mass is 425 g/mol. The minimum atomic E-state index is -4.02. The maximum absolute atomic E-state index is 12.0. The van der Waals surface area contributed by atoms with Crippen LogP contribution in [0, 0.1) is 10.8 Å². The van der Waals surface area contributed by atoms with Crippen molar-refractivity contribution in [3.05, 3.63) is 0 Å². The van der Waals surface area contributed by atoms with Gasteiger partial charge in [-0.1, -0.05) is 13.8 Å². The third kappa shape index (κ3) is 8.11. The van der Waals surface area contributed by atoms with Crippen LogP contribution in [-0.2, 0) is 33.4 Å². The first-order valence-corrected chi connectivity index (χ1v) is 10.3. The largest absolute Gasteiger partial charge is 0.479 e. The fraction of sp³-hybridized carbons (Fsp3) is 0.824. The van der Waals surface area contributed by atoms with Crippen molar-refractivity contribution in [2.75, 3.05) is 25.5 Å². The zero-order valence-corrected chi connectivity index (χ0v) is 18.0. The summed E-state index contributed by atoms with van der Waals surface area (Å²) >= 11 is 0. The molecular formula is C17H31NO9S. The third-order valence-corrected chi connectivity index (χ3v) is 5.31. The number of ether oxygens (including phenoxy) is 1. The maximum atomic E-state index is 12.0. The normalized spacial score (nSPS) is 14.8. The fourth-order valence-electron chi connectivity index (χ4n) is 1.86. The van der Waals surface area contributed by atoms with Gasteiger partial charge in [-0.2, -0.15) is 8.42 Å². The van der Waals surface area contributed by atoms with Gasteiger partial charge in [0, 0.05) is 18.9 Å². The standard InChI is InChI=1S/C17H31NO9S/c1-12(19)18-8-7-9-28(24,25)27-10-16(5,6)17(23,13(20)21)11-26-14(22)15(2,3)4/h23H,7-11H2,1-6H3,(H,18,19)(H,20,21)/t17-/m1/s1. The van der Waals surface area contributed by atoms with E-state index >= 15 is 0 Å². The molecule has 0 bridgehead atoms. The van der Waals surface area contributed by atoms with E-state index in [9.17, 15) is 33.0 Å². The summed E-state index contributed by atoms with van der Waals surface area (Å²) in [6, 6.07) is 0. The number of carboxylic acids is 1. The maximum Gasteiger partial charge on any atom is 0.339 e. The predicted octanol–water partition coefficient (Wildman–Crippen LogP) is 0.290. The van der Waals surface area contributed by atoms with Crippen LogP contribution < -0.4 is 5.32 Å². The first-order valence-electron chi connectivity index (χ1n) is 8.69. The molecule has 0 unspecified atom stereocenters. The van der Waals surface area contributed by atoms with E-state index in [1.54, 1.807) is 20.8 Å². The lowest BCUT2D eigenvalue weighted by atomic mass is 9.76. The van der Waals surface area contributed by atoms with E-state index in [-0.39, 0.29) is 18.9 Å². The van der Waals surface area contributed by atoms with Gasteiger partial charge in [0.05, 0.1) is 17.8 Å². The second-order valence-electron chi connectivity index (χ2n) is 8.24. The Morgan fingerprint density at radius 1 is 1.04 bits per heavy atom. The summed E-state index contributed by atoms with van der Waals surface area (Å²) < 4.78 is 33.7. The van der Waals surface area contributed by atoms with Crippen LogP contribution in [0.3, 0.4) is 0 Å². The van der Waals surface area contributed by atoms with Gasteiger partial charge >= 0.3 is 11.9 Å². The number of aliphatic carboxylic acids is 1. The molecule has 0 saturated carbocycles. The van der Waals surface area contributed by atoms with Crippen LogP contribution in [0.25, 0.3) is 0 Å². The van der Waals surface area contributed by atoms with Crippen molar-refractivity contribution < 1.29 is 41.9 Å². The molecule has 10 nitrogen and oxygen atoms in total. The Labute approximate surface area is 165 Å². The van der Waals surface area contributed by atoms with Crippen molar-refractivity contribution >= 4 is 28.0 Å². The van der Waals surface area contributed by atoms with Gasteiger partial charge in [0.25, 0.3) is 10.1 Å². The minimum absolute atomic E-state index is 0.106. The highest BCUT2D eigenvalue weighted by atomic mass is 32.2. The molecule has 0 saturated heterocycles. The number of esters is 1. The summed E-state index contributed by atoms with van der Waals surface area (Å²) in [6.07, 6.45) is 0.106. The van der Waals surface area contributed by atoms with E-state index in [2.05, 4.69) is 5.32 Å². The van der Waals surface area contributed by atoms with Gasteiger partial charge in [-0.25, -0.2) is 4.79 Å². The van der Waals surface area contributed by atoms with Crippen LogP contribution in [0.2, 0.25) is 0 Å². The van der Waals surface area contributed by atoms with E-state index < -0.39 is 57.5 Å². The highest BCUT2D eigenvalue weighted by Crippen LogP contribution is 2.33. The van der Waals surface area contributed by atoms with Gasteiger partial charge in [0.1, 0.15) is 6.61 Å². The van der Waals surface area contributed by atoms with Gasteiger partial charge in [-0.15, -0.1) is 0 Å². The second kappa shape index (κ2) is 9.66. The molecular weight excluding hydrogens is 394 g/mol. The number of hydrogen-bond donors (Lipinski definition) is 3. The van der Waals surface area contributed by atoms with Crippen molar-refractivity contribution in [1.29, 1.82) is 0 Å². The summed E-state index contributed by atoms with van der Waals surface area (Å²) in [7, 11) is -4.02. The highest BCUT2D eigenvalue weighted by molar-refractivity contribution is 7.86. The smallest absolute Gasteiger partial charge is 0.339 e. The number of rotatable bonds is 11. The molecule has 0 aromatic rings. The summed E-state index contributed by atoms with van der Waals surface area (Å²) in [5.74, 6) is -3.08. The third-order valence-electron chi connectivity index (χ3n) is 4.04. The summed E-state index contributed by atoms with van der Waals surface area (Å²) in [6.45, 7) is 7.21. The molecule has 0 radical (unpaired) electrons. The zero-order valence-electron chi connectivity index (χ0n) is 17.2. The molecule has 0 fully saturated rings. The predicted molar refractivity (Wildman–Crippen MR) is 99.8 cm³/mol. The number of aliphatic hydroxyl groups is 1. The fourth-order valence-corrected chi connectivity index (χ4v) is 2.95. The molecule has 164 valence electrons. The van der Waals surface area contributed by atoms with Crippen LogP contribution >= 0.6 is 0 Å². The van der Waals surface area contributed by atoms with E-state index in [0.29, 0.717) is 0 Å². The van der Waals surface area contributed by atoms with Gasteiger partial charge in [0.2, 0.25) is 11.5 Å². The zero-order chi connectivity index (χ0) is 22.4. The second-order valence-corrected chi connectivity index (χ2v) is 10.00. The molecule has 28 heavy (non-hydrogen) atoms. The lowest BCUT2D eigenvalue weighted by Gasteiger charge is -2.38. The Morgan fingerprint density at radius 2 is 1.57 bits per heavy atom. The van der Waals surface area contributed by atoms with Crippen LogP contribution in [0.5, 0.6) is 0 Å². The molecule has 1 atom stereocenters. The Balaban J connectivity index is 5.05.